The zero-order valence-corrected chi connectivity index (χ0v) is 10.4. The quantitative estimate of drug-likeness (QED) is 0.814. The van der Waals surface area contributed by atoms with Crippen LogP contribution in [0.1, 0.15) is 16.1 Å². The molecule has 3 N–H and O–H groups in total. The smallest absolute Gasteiger partial charge is 0.258 e. The van der Waals surface area contributed by atoms with E-state index in [4.69, 9.17) is 17.3 Å². The summed E-state index contributed by atoms with van der Waals surface area (Å²) in [6, 6.07) is 4.70. The molecule has 5 nitrogen and oxygen atoms in total. The predicted molar refractivity (Wildman–Crippen MR) is 70.6 cm³/mol. The van der Waals surface area contributed by atoms with Crippen LogP contribution < -0.4 is 11.1 Å². The van der Waals surface area contributed by atoms with Crippen molar-refractivity contribution >= 4 is 29.0 Å². The van der Waals surface area contributed by atoms with E-state index in [2.05, 4.69) is 15.3 Å². The highest BCUT2D eigenvalue weighted by Gasteiger charge is 2.11. The monoisotopic (exact) mass is 262 g/mol. The number of halogens is 1. The van der Waals surface area contributed by atoms with Crippen LogP contribution in [0, 0.1) is 6.92 Å². The van der Waals surface area contributed by atoms with Gasteiger partial charge >= 0.3 is 0 Å². The summed E-state index contributed by atoms with van der Waals surface area (Å²) in [7, 11) is 0. The van der Waals surface area contributed by atoms with Gasteiger partial charge < -0.3 is 11.1 Å². The van der Waals surface area contributed by atoms with E-state index in [1.165, 1.54) is 12.3 Å². The van der Waals surface area contributed by atoms with E-state index in [-0.39, 0.29) is 5.91 Å². The van der Waals surface area contributed by atoms with Gasteiger partial charge in [0.2, 0.25) is 0 Å². The highest BCUT2D eigenvalue weighted by Crippen LogP contribution is 2.20. The molecule has 1 aromatic heterocycles. The average molecular weight is 263 g/mol. The van der Waals surface area contributed by atoms with E-state index >= 15 is 0 Å². The van der Waals surface area contributed by atoms with E-state index in [0.717, 1.165) is 5.69 Å². The number of nitrogen functional groups attached to an aromatic ring is 1. The molecule has 1 amide bonds. The summed E-state index contributed by atoms with van der Waals surface area (Å²) in [6.45, 7) is 1.81. The molecule has 1 heterocycles. The molecule has 1 aromatic carbocycles. The van der Waals surface area contributed by atoms with Gasteiger partial charge in [0.15, 0.2) is 5.82 Å². The average Bonchev–Trinajstić information content (AvgIpc) is 2.32. The molecule has 2 rings (SSSR count). The molecule has 0 aliphatic heterocycles. The molecular weight excluding hydrogens is 252 g/mol. The highest BCUT2D eigenvalue weighted by atomic mass is 35.5. The Balaban J connectivity index is 2.19. The van der Waals surface area contributed by atoms with E-state index in [1.807, 2.05) is 6.92 Å². The zero-order chi connectivity index (χ0) is 13.1. The lowest BCUT2D eigenvalue weighted by atomic mass is 10.2. The van der Waals surface area contributed by atoms with Gasteiger partial charge in [-0.25, -0.2) is 4.98 Å². The molecule has 18 heavy (non-hydrogen) atoms. The molecule has 0 radical (unpaired) electrons. The lowest BCUT2D eigenvalue weighted by Crippen LogP contribution is -2.13. The van der Waals surface area contributed by atoms with Crippen molar-refractivity contribution in [1.29, 1.82) is 0 Å². The summed E-state index contributed by atoms with van der Waals surface area (Å²) in [5, 5.41) is 2.91. The number of aryl methyl sites for hydroxylation is 1. The summed E-state index contributed by atoms with van der Waals surface area (Å²) in [5.41, 5.74) is 7.18. The van der Waals surface area contributed by atoms with Crippen molar-refractivity contribution in [2.24, 2.45) is 0 Å². The molecule has 0 unspecified atom stereocenters. The van der Waals surface area contributed by atoms with Gasteiger partial charge in [-0.3, -0.25) is 9.78 Å². The standard InChI is InChI=1S/C12H11ClN4O/c1-7-5-16-11(6-15-7)17-12(18)9-3-2-8(14)4-10(9)13/h2-6H,14H2,1H3,(H,16,17,18). The van der Waals surface area contributed by atoms with E-state index < -0.39 is 0 Å². The van der Waals surface area contributed by atoms with Crippen molar-refractivity contribution in [3.8, 4) is 0 Å². The van der Waals surface area contributed by atoms with Gasteiger partial charge in [0.25, 0.3) is 5.91 Å². The molecule has 0 bridgehead atoms. The minimum atomic E-state index is -0.349. The Labute approximate surface area is 109 Å². The number of aromatic nitrogens is 2. The van der Waals surface area contributed by atoms with Gasteiger partial charge in [0.05, 0.1) is 28.7 Å². The van der Waals surface area contributed by atoms with E-state index in [0.29, 0.717) is 22.1 Å². The van der Waals surface area contributed by atoms with Crippen LogP contribution in [0.25, 0.3) is 0 Å². The van der Waals surface area contributed by atoms with E-state index in [1.54, 1.807) is 18.3 Å². The summed E-state index contributed by atoms with van der Waals surface area (Å²) in [4.78, 5) is 20.0. The van der Waals surface area contributed by atoms with Gasteiger partial charge in [-0.05, 0) is 25.1 Å². The van der Waals surface area contributed by atoms with Crippen molar-refractivity contribution < 1.29 is 4.79 Å². The Morgan fingerprint density at radius 3 is 2.72 bits per heavy atom. The maximum absolute atomic E-state index is 11.9. The fourth-order valence-corrected chi connectivity index (χ4v) is 1.63. The van der Waals surface area contributed by atoms with Crippen molar-refractivity contribution in [3.05, 3.63) is 46.9 Å². The molecule has 6 heteroatoms. The number of hydrogen-bond donors (Lipinski definition) is 2. The Bertz CT molecular complexity index is 583. The Morgan fingerprint density at radius 2 is 2.11 bits per heavy atom. The molecule has 0 aliphatic carbocycles. The zero-order valence-electron chi connectivity index (χ0n) is 9.64. The number of carbonyl (C=O) groups is 1. The molecule has 0 spiro atoms. The number of benzene rings is 1. The number of carbonyl (C=O) groups excluding carboxylic acids is 1. The molecule has 0 fully saturated rings. The molecule has 0 saturated heterocycles. The maximum Gasteiger partial charge on any atom is 0.258 e. The van der Waals surface area contributed by atoms with Crippen LogP contribution in [0.4, 0.5) is 11.5 Å². The Hall–Kier alpha value is -2.14. The fraction of sp³-hybridized carbons (Fsp3) is 0.0833. The highest BCUT2D eigenvalue weighted by molar-refractivity contribution is 6.34. The first-order valence-electron chi connectivity index (χ1n) is 5.21. The first-order chi connectivity index (χ1) is 8.56. The molecule has 92 valence electrons. The second kappa shape index (κ2) is 5.01. The van der Waals surface area contributed by atoms with Gasteiger partial charge in [0, 0.05) is 5.69 Å². The second-order valence-corrected chi connectivity index (χ2v) is 4.14. The molecule has 2 aromatic rings. The Morgan fingerprint density at radius 1 is 1.33 bits per heavy atom. The lowest BCUT2D eigenvalue weighted by Gasteiger charge is -2.06. The predicted octanol–water partition coefficient (Wildman–Crippen LogP) is 2.27. The summed E-state index contributed by atoms with van der Waals surface area (Å²) in [5.74, 6) is 0.0247. The minimum absolute atomic E-state index is 0.299. The molecule has 0 aliphatic rings. The third-order valence-electron chi connectivity index (χ3n) is 2.26. The van der Waals surface area contributed by atoms with Crippen LogP contribution in [-0.2, 0) is 0 Å². The summed E-state index contributed by atoms with van der Waals surface area (Å²) >= 11 is 5.94. The van der Waals surface area contributed by atoms with Crippen LogP contribution in [0.5, 0.6) is 0 Å². The third-order valence-corrected chi connectivity index (χ3v) is 2.57. The number of rotatable bonds is 2. The van der Waals surface area contributed by atoms with Crippen LogP contribution in [-0.4, -0.2) is 15.9 Å². The van der Waals surface area contributed by atoms with Crippen LogP contribution in [0.3, 0.4) is 0 Å². The Kier molecular flexibility index (Phi) is 3.43. The number of hydrogen-bond acceptors (Lipinski definition) is 4. The van der Waals surface area contributed by atoms with Crippen molar-refractivity contribution in [2.75, 3.05) is 11.1 Å². The topological polar surface area (TPSA) is 80.9 Å². The van der Waals surface area contributed by atoms with Crippen molar-refractivity contribution in [1.82, 2.24) is 9.97 Å². The molecule has 0 atom stereocenters. The lowest BCUT2D eigenvalue weighted by molar-refractivity contribution is 0.102. The first-order valence-corrected chi connectivity index (χ1v) is 5.59. The third kappa shape index (κ3) is 2.75. The molecule has 0 saturated carbocycles. The SMILES string of the molecule is Cc1cnc(NC(=O)c2ccc(N)cc2Cl)cn1. The van der Waals surface area contributed by atoms with Gasteiger partial charge in [-0.1, -0.05) is 11.6 Å². The largest absolute Gasteiger partial charge is 0.399 e. The van der Waals surface area contributed by atoms with Gasteiger partial charge in [-0.15, -0.1) is 0 Å². The summed E-state index contributed by atoms with van der Waals surface area (Å²) < 4.78 is 0. The number of amides is 1. The van der Waals surface area contributed by atoms with Crippen LogP contribution in [0.15, 0.2) is 30.6 Å². The second-order valence-electron chi connectivity index (χ2n) is 3.74. The number of anilines is 2. The number of nitrogens with one attached hydrogen (secondary N) is 1. The molecular formula is C12H11ClN4O. The van der Waals surface area contributed by atoms with Crippen LogP contribution >= 0.6 is 11.6 Å². The minimum Gasteiger partial charge on any atom is -0.399 e. The first kappa shape index (κ1) is 12.3. The van der Waals surface area contributed by atoms with E-state index in [9.17, 15) is 4.79 Å². The van der Waals surface area contributed by atoms with Crippen LogP contribution in [0.2, 0.25) is 5.02 Å². The number of nitrogens with two attached hydrogens (primary N) is 1. The van der Waals surface area contributed by atoms with Gasteiger partial charge in [0.1, 0.15) is 0 Å². The number of nitrogens with zero attached hydrogens (tertiary/aromatic N) is 2. The van der Waals surface area contributed by atoms with Crippen molar-refractivity contribution in [3.63, 3.8) is 0 Å². The van der Waals surface area contributed by atoms with Crippen molar-refractivity contribution in [2.45, 2.75) is 6.92 Å². The fourth-order valence-electron chi connectivity index (χ4n) is 1.36. The maximum atomic E-state index is 11.9. The normalized spacial score (nSPS) is 10.1. The van der Waals surface area contributed by atoms with Gasteiger partial charge in [-0.2, -0.15) is 0 Å². The summed E-state index contributed by atoms with van der Waals surface area (Å²) in [6.07, 6.45) is 3.05.